The SMILES string of the molecule is ClCc1nc2cnccc2n1CC1CN2CCCC2CO1. The van der Waals surface area contributed by atoms with E-state index in [0.29, 0.717) is 11.9 Å². The Morgan fingerprint density at radius 3 is 3.29 bits per heavy atom. The highest BCUT2D eigenvalue weighted by Gasteiger charge is 2.32. The van der Waals surface area contributed by atoms with Gasteiger partial charge in [0.05, 0.1) is 36.8 Å². The third-order valence-electron chi connectivity index (χ3n) is 4.60. The van der Waals surface area contributed by atoms with Crippen LogP contribution in [-0.2, 0) is 17.2 Å². The van der Waals surface area contributed by atoms with Gasteiger partial charge >= 0.3 is 0 Å². The minimum atomic E-state index is 0.215. The van der Waals surface area contributed by atoms with Crippen LogP contribution in [0.2, 0.25) is 0 Å². The molecule has 2 aliphatic heterocycles. The lowest BCUT2D eigenvalue weighted by atomic mass is 10.2. The van der Waals surface area contributed by atoms with E-state index in [2.05, 4.69) is 19.4 Å². The van der Waals surface area contributed by atoms with Crippen LogP contribution in [0.4, 0.5) is 0 Å². The average Bonchev–Trinajstić information content (AvgIpc) is 3.11. The molecule has 0 saturated carbocycles. The van der Waals surface area contributed by atoms with Crippen molar-refractivity contribution in [1.82, 2.24) is 19.4 Å². The first-order valence-corrected chi connectivity index (χ1v) is 8.09. The summed E-state index contributed by atoms with van der Waals surface area (Å²) in [7, 11) is 0. The smallest absolute Gasteiger partial charge is 0.125 e. The van der Waals surface area contributed by atoms with Crippen molar-refractivity contribution in [3.8, 4) is 0 Å². The van der Waals surface area contributed by atoms with E-state index in [-0.39, 0.29) is 6.10 Å². The fraction of sp³-hybridized carbons (Fsp3) is 0.600. The molecule has 0 amide bonds. The van der Waals surface area contributed by atoms with E-state index < -0.39 is 0 Å². The van der Waals surface area contributed by atoms with Crippen molar-refractivity contribution < 1.29 is 4.74 Å². The molecule has 0 bridgehead atoms. The first-order valence-electron chi connectivity index (χ1n) is 7.56. The molecule has 21 heavy (non-hydrogen) atoms. The summed E-state index contributed by atoms with van der Waals surface area (Å²) in [4.78, 5) is 11.3. The number of ether oxygens (including phenoxy) is 1. The zero-order valence-corrected chi connectivity index (χ0v) is 12.7. The maximum Gasteiger partial charge on any atom is 0.125 e. The van der Waals surface area contributed by atoms with Gasteiger partial charge in [-0.05, 0) is 25.5 Å². The molecule has 112 valence electrons. The van der Waals surface area contributed by atoms with Gasteiger partial charge < -0.3 is 9.30 Å². The number of fused-ring (bicyclic) bond motifs is 2. The summed E-state index contributed by atoms with van der Waals surface area (Å²) >= 11 is 6.06. The van der Waals surface area contributed by atoms with Crippen molar-refractivity contribution in [3.63, 3.8) is 0 Å². The summed E-state index contributed by atoms with van der Waals surface area (Å²) in [5.74, 6) is 1.31. The monoisotopic (exact) mass is 306 g/mol. The van der Waals surface area contributed by atoms with Crippen LogP contribution in [0, 0.1) is 0 Å². The lowest BCUT2D eigenvalue weighted by Gasteiger charge is -2.35. The number of hydrogen-bond donors (Lipinski definition) is 0. The van der Waals surface area contributed by atoms with Crippen LogP contribution in [0.3, 0.4) is 0 Å². The van der Waals surface area contributed by atoms with Crippen LogP contribution >= 0.6 is 11.6 Å². The van der Waals surface area contributed by atoms with Gasteiger partial charge in [-0.25, -0.2) is 4.98 Å². The zero-order valence-electron chi connectivity index (χ0n) is 11.9. The number of halogens is 1. The molecular formula is C15H19ClN4O. The van der Waals surface area contributed by atoms with Gasteiger partial charge in [0.1, 0.15) is 11.3 Å². The van der Waals surface area contributed by atoms with Crippen molar-refractivity contribution in [2.75, 3.05) is 19.7 Å². The highest BCUT2D eigenvalue weighted by atomic mass is 35.5. The van der Waals surface area contributed by atoms with Gasteiger partial charge in [-0.1, -0.05) is 0 Å². The fourth-order valence-electron chi connectivity index (χ4n) is 3.54. The number of hydrogen-bond acceptors (Lipinski definition) is 4. The molecule has 4 heterocycles. The third kappa shape index (κ3) is 2.43. The Hall–Kier alpha value is -1.17. The molecule has 2 fully saturated rings. The van der Waals surface area contributed by atoms with Crippen LogP contribution in [0.1, 0.15) is 18.7 Å². The second-order valence-corrected chi connectivity index (χ2v) is 6.15. The van der Waals surface area contributed by atoms with Crippen LogP contribution in [0.5, 0.6) is 0 Å². The van der Waals surface area contributed by atoms with Crippen molar-refractivity contribution in [1.29, 1.82) is 0 Å². The Labute approximate surface area is 128 Å². The van der Waals surface area contributed by atoms with Crippen LogP contribution in [0.15, 0.2) is 18.5 Å². The van der Waals surface area contributed by atoms with Gasteiger partial charge in [0.25, 0.3) is 0 Å². The first-order chi connectivity index (χ1) is 10.3. The molecule has 2 atom stereocenters. The summed E-state index contributed by atoms with van der Waals surface area (Å²) in [6, 6.07) is 2.64. The van der Waals surface area contributed by atoms with Crippen molar-refractivity contribution in [3.05, 3.63) is 24.3 Å². The number of aromatic nitrogens is 3. The third-order valence-corrected chi connectivity index (χ3v) is 4.84. The Morgan fingerprint density at radius 2 is 2.38 bits per heavy atom. The highest BCUT2D eigenvalue weighted by molar-refractivity contribution is 6.16. The summed E-state index contributed by atoms with van der Waals surface area (Å²) in [5, 5.41) is 0. The Morgan fingerprint density at radius 1 is 1.43 bits per heavy atom. The molecule has 5 nitrogen and oxygen atoms in total. The Balaban J connectivity index is 1.59. The molecule has 2 aliphatic rings. The number of imidazole rings is 1. The number of pyridine rings is 1. The minimum Gasteiger partial charge on any atom is -0.373 e. The molecule has 2 unspecified atom stereocenters. The second-order valence-electron chi connectivity index (χ2n) is 5.88. The Kier molecular flexibility index (Phi) is 3.57. The predicted molar refractivity (Wildman–Crippen MR) is 81.4 cm³/mol. The number of nitrogens with zero attached hydrogens (tertiary/aromatic N) is 4. The molecule has 0 aromatic carbocycles. The number of morpholine rings is 1. The van der Waals surface area contributed by atoms with Crippen LogP contribution < -0.4 is 0 Å². The number of rotatable bonds is 3. The summed E-state index contributed by atoms with van der Waals surface area (Å²) in [6.07, 6.45) is 6.38. The lowest BCUT2D eigenvalue weighted by Crippen LogP contribution is -2.47. The molecule has 0 spiro atoms. The normalized spacial score (nSPS) is 26.3. The van der Waals surface area contributed by atoms with Gasteiger partial charge in [0.15, 0.2) is 0 Å². The van der Waals surface area contributed by atoms with E-state index >= 15 is 0 Å². The van der Waals surface area contributed by atoms with E-state index in [1.54, 1.807) is 12.4 Å². The topological polar surface area (TPSA) is 43.2 Å². The van der Waals surface area contributed by atoms with Gasteiger partial charge in [0, 0.05) is 18.8 Å². The maximum absolute atomic E-state index is 6.06. The summed E-state index contributed by atoms with van der Waals surface area (Å²) < 4.78 is 8.25. The number of alkyl halides is 1. The van der Waals surface area contributed by atoms with Gasteiger partial charge in [0.2, 0.25) is 0 Å². The molecule has 0 N–H and O–H groups in total. The van der Waals surface area contributed by atoms with Gasteiger partial charge in [-0.3, -0.25) is 9.88 Å². The van der Waals surface area contributed by atoms with E-state index in [1.807, 2.05) is 6.07 Å². The molecule has 6 heteroatoms. The van der Waals surface area contributed by atoms with Crippen LogP contribution in [-0.4, -0.2) is 51.3 Å². The van der Waals surface area contributed by atoms with E-state index in [4.69, 9.17) is 16.3 Å². The molecule has 2 aromatic heterocycles. The lowest BCUT2D eigenvalue weighted by molar-refractivity contribution is -0.0549. The standard InChI is InChI=1S/C15H19ClN4O/c16-6-15-18-13-7-17-4-3-14(13)20(15)9-12-8-19-5-1-2-11(19)10-21-12/h3-4,7,11-12H,1-2,5-6,8-10H2. The second kappa shape index (κ2) is 5.55. The summed E-state index contributed by atoms with van der Waals surface area (Å²) in [6.45, 7) is 3.89. The molecule has 0 radical (unpaired) electrons. The van der Waals surface area contributed by atoms with Gasteiger partial charge in [-0.15, -0.1) is 11.6 Å². The van der Waals surface area contributed by atoms with Crippen molar-refractivity contribution >= 4 is 22.6 Å². The molecule has 2 saturated heterocycles. The zero-order chi connectivity index (χ0) is 14.2. The molecule has 2 aromatic rings. The van der Waals surface area contributed by atoms with Crippen LogP contribution in [0.25, 0.3) is 11.0 Å². The largest absolute Gasteiger partial charge is 0.373 e. The minimum absolute atomic E-state index is 0.215. The highest BCUT2D eigenvalue weighted by Crippen LogP contribution is 2.24. The molecule has 0 aliphatic carbocycles. The summed E-state index contributed by atoms with van der Waals surface area (Å²) in [5.41, 5.74) is 2.00. The predicted octanol–water partition coefficient (Wildman–Crippen LogP) is 2.03. The quantitative estimate of drug-likeness (QED) is 0.814. The van der Waals surface area contributed by atoms with E-state index in [9.17, 15) is 0 Å². The Bertz CT molecular complexity index is 644. The average molecular weight is 307 g/mol. The first kappa shape index (κ1) is 13.5. The van der Waals surface area contributed by atoms with E-state index in [0.717, 1.165) is 36.6 Å². The maximum atomic E-state index is 6.06. The molecule has 4 rings (SSSR count). The van der Waals surface area contributed by atoms with E-state index in [1.165, 1.54) is 19.4 Å². The molecular weight excluding hydrogens is 288 g/mol. The van der Waals surface area contributed by atoms with Gasteiger partial charge in [-0.2, -0.15) is 0 Å². The van der Waals surface area contributed by atoms with Crippen molar-refractivity contribution in [2.45, 2.75) is 37.4 Å². The van der Waals surface area contributed by atoms with Crippen molar-refractivity contribution in [2.24, 2.45) is 0 Å². The fourth-order valence-corrected chi connectivity index (χ4v) is 3.74.